The van der Waals surface area contributed by atoms with Crippen LogP contribution in [-0.2, 0) is 0 Å². The maximum atomic E-state index is 5.65. The second kappa shape index (κ2) is 10.8. The van der Waals surface area contributed by atoms with Gasteiger partial charge in [0.25, 0.3) is 0 Å². The van der Waals surface area contributed by atoms with Gasteiger partial charge in [-0.15, -0.1) is 0 Å². The lowest BCUT2D eigenvalue weighted by Gasteiger charge is -2.36. The smallest absolute Gasteiger partial charge is 0.232 e. The maximum Gasteiger partial charge on any atom is 0.232 e. The zero-order valence-corrected chi connectivity index (χ0v) is 20.2. The van der Waals surface area contributed by atoms with Crippen molar-refractivity contribution in [2.24, 2.45) is 11.8 Å². The number of nitrogens with one attached hydrogen (secondary N) is 2. The van der Waals surface area contributed by atoms with Gasteiger partial charge in [-0.3, -0.25) is 0 Å². The van der Waals surface area contributed by atoms with Gasteiger partial charge in [-0.2, -0.15) is 9.97 Å². The number of aromatic nitrogens is 2. The molecule has 2 N–H and O–H groups in total. The molecule has 7 heteroatoms. The summed E-state index contributed by atoms with van der Waals surface area (Å²) < 4.78 is 0. The number of thiocarbonyl (C=S) groups is 1. The fourth-order valence-electron chi connectivity index (χ4n) is 5.52. The quantitative estimate of drug-likeness (QED) is 0.637. The summed E-state index contributed by atoms with van der Waals surface area (Å²) in [4.78, 5) is 14.7. The summed E-state index contributed by atoms with van der Waals surface area (Å²) in [6.07, 6.45) is 12.7. The number of anilines is 3. The van der Waals surface area contributed by atoms with E-state index in [2.05, 4.69) is 40.3 Å². The topological polar surface area (TPSA) is 56.3 Å². The van der Waals surface area contributed by atoms with Crippen LogP contribution in [0.5, 0.6) is 0 Å². The van der Waals surface area contributed by atoms with Crippen LogP contribution >= 0.6 is 12.2 Å². The van der Waals surface area contributed by atoms with Crippen LogP contribution in [0.25, 0.3) is 0 Å². The lowest BCUT2D eigenvalue weighted by molar-refractivity contribution is 0.355. The predicted octanol–water partition coefficient (Wildman–Crippen LogP) is 4.96. The second-order valence-corrected chi connectivity index (χ2v) is 10.5. The van der Waals surface area contributed by atoms with Gasteiger partial charge >= 0.3 is 0 Å². The monoisotopic (exact) mass is 444 g/mol. The van der Waals surface area contributed by atoms with Crippen LogP contribution in [-0.4, -0.2) is 47.3 Å². The summed E-state index contributed by atoms with van der Waals surface area (Å²) >= 11 is 5.65. The van der Waals surface area contributed by atoms with Crippen molar-refractivity contribution in [1.82, 2.24) is 15.3 Å². The molecule has 1 aliphatic carbocycles. The van der Waals surface area contributed by atoms with Gasteiger partial charge in [0.1, 0.15) is 11.6 Å². The Morgan fingerprint density at radius 1 is 0.871 bits per heavy atom. The standard InChI is InChI=1S/C24H40N6S/c1-18-14-19(2)17-30(16-18)22-15-21(29-12-8-3-4-9-13-29)26-23(27-22)28-24(31)25-20-10-6-5-7-11-20/h15,18-20H,3-14,16-17H2,1-2H3,(H2,25,26,27,28,31). The van der Waals surface area contributed by atoms with E-state index in [1.165, 1.54) is 64.2 Å². The third-order valence-electron chi connectivity index (χ3n) is 6.99. The summed E-state index contributed by atoms with van der Waals surface area (Å²) in [6, 6.07) is 2.68. The highest BCUT2D eigenvalue weighted by Gasteiger charge is 2.25. The number of piperidine rings is 1. The highest BCUT2D eigenvalue weighted by atomic mass is 32.1. The van der Waals surface area contributed by atoms with Crippen molar-refractivity contribution >= 4 is 34.9 Å². The van der Waals surface area contributed by atoms with Crippen molar-refractivity contribution in [2.75, 3.05) is 41.3 Å². The Bertz CT molecular complexity index is 717. The molecule has 3 aliphatic rings. The molecule has 3 heterocycles. The Kier molecular flexibility index (Phi) is 7.86. The van der Waals surface area contributed by atoms with E-state index in [1.54, 1.807) is 0 Å². The molecule has 0 aromatic carbocycles. The fraction of sp³-hybridized carbons (Fsp3) is 0.792. The normalized spacial score (nSPS) is 25.7. The molecule has 1 saturated carbocycles. The van der Waals surface area contributed by atoms with Crippen molar-refractivity contribution in [3.05, 3.63) is 6.07 Å². The Hall–Kier alpha value is -1.63. The molecule has 2 atom stereocenters. The molecule has 172 valence electrons. The number of hydrogen-bond acceptors (Lipinski definition) is 5. The van der Waals surface area contributed by atoms with E-state index in [0.717, 1.165) is 37.8 Å². The molecular formula is C24H40N6S. The maximum absolute atomic E-state index is 5.65. The molecule has 0 bridgehead atoms. The van der Waals surface area contributed by atoms with E-state index < -0.39 is 0 Å². The van der Waals surface area contributed by atoms with E-state index in [9.17, 15) is 0 Å². The SMILES string of the molecule is CC1CC(C)CN(c2cc(N3CCCCCC3)nc(NC(=S)NC3CCCCC3)n2)C1. The van der Waals surface area contributed by atoms with Crippen LogP contribution in [0.1, 0.15) is 78.1 Å². The van der Waals surface area contributed by atoms with Crippen molar-refractivity contribution in [2.45, 2.75) is 84.1 Å². The summed E-state index contributed by atoms with van der Waals surface area (Å²) in [5, 5.41) is 7.49. The number of rotatable bonds is 4. The average molecular weight is 445 g/mol. The Morgan fingerprint density at radius 2 is 1.45 bits per heavy atom. The van der Waals surface area contributed by atoms with Crippen molar-refractivity contribution in [3.8, 4) is 0 Å². The van der Waals surface area contributed by atoms with Crippen molar-refractivity contribution in [1.29, 1.82) is 0 Å². The van der Waals surface area contributed by atoms with Crippen LogP contribution in [0.4, 0.5) is 17.6 Å². The van der Waals surface area contributed by atoms with Crippen LogP contribution in [0.2, 0.25) is 0 Å². The predicted molar refractivity (Wildman–Crippen MR) is 134 cm³/mol. The zero-order valence-electron chi connectivity index (χ0n) is 19.4. The van der Waals surface area contributed by atoms with Gasteiger partial charge in [-0.05, 0) is 56.2 Å². The van der Waals surface area contributed by atoms with Gasteiger partial charge < -0.3 is 20.4 Å². The van der Waals surface area contributed by atoms with Crippen LogP contribution < -0.4 is 20.4 Å². The number of hydrogen-bond donors (Lipinski definition) is 2. The first-order valence-corrected chi connectivity index (χ1v) is 12.9. The minimum Gasteiger partial charge on any atom is -0.360 e. The Labute approximate surface area is 193 Å². The first-order valence-electron chi connectivity index (χ1n) is 12.5. The molecule has 2 aliphatic heterocycles. The largest absolute Gasteiger partial charge is 0.360 e. The van der Waals surface area contributed by atoms with Crippen LogP contribution in [0.15, 0.2) is 6.07 Å². The van der Waals surface area contributed by atoms with Crippen molar-refractivity contribution in [3.63, 3.8) is 0 Å². The average Bonchev–Trinajstić information content (AvgIpc) is 3.03. The third-order valence-corrected chi connectivity index (χ3v) is 7.21. The molecule has 2 saturated heterocycles. The lowest BCUT2D eigenvalue weighted by Crippen LogP contribution is -2.40. The van der Waals surface area contributed by atoms with Crippen LogP contribution in [0, 0.1) is 11.8 Å². The fourth-order valence-corrected chi connectivity index (χ4v) is 5.78. The molecule has 1 aromatic rings. The van der Waals surface area contributed by atoms with E-state index in [1.807, 2.05) is 0 Å². The van der Waals surface area contributed by atoms with Gasteiger partial charge in [0, 0.05) is 38.3 Å². The molecule has 4 rings (SSSR count). The Morgan fingerprint density at radius 3 is 2.10 bits per heavy atom. The van der Waals surface area contributed by atoms with E-state index in [-0.39, 0.29) is 0 Å². The summed E-state index contributed by atoms with van der Waals surface area (Å²) in [5.74, 6) is 4.09. The van der Waals surface area contributed by atoms with E-state index in [0.29, 0.717) is 28.9 Å². The van der Waals surface area contributed by atoms with Gasteiger partial charge in [-0.1, -0.05) is 46.0 Å². The first kappa shape index (κ1) is 22.6. The highest BCUT2D eigenvalue weighted by molar-refractivity contribution is 7.80. The van der Waals surface area contributed by atoms with Crippen LogP contribution in [0.3, 0.4) is 0 Å². The summed E-state index contributed by atoms with van der Waals surface area (Å²) in [5.41, 5.74) is 0. The summed E-state index contributed by atoms with van der Waals surface area (Å²) in [6.45, 7) is 8.97. The minimum atomic E-state index is 0.478. The molecule has 2 unspecified atom stereocenters. The first-order chi connectivity index (χ1) is 15.1. The van der Waals surface area contributed by atoms with Gasteiger partial charge in [0.05, 0.1) is 0 Å². The second-order valence-electron chi connectivity index (χ2n) is 10.1. The number of nitrogens with zero attached hydrogens (tertiary/aromatic N) is 4. The summed E-state index contributed by atoms with van der Waals surface area (Å²) in [7, 11) is 0. The molecule has 0 spiro atoms. The van der Waals surface area contributed by atoms with E-state index in [4.69, 9.17) is 22.2 Å². The zero-order chi connectivity index (χ0) is 21.6. The molecular weight excluding hydrogens is 404 g/mol. The molecule has 3 fully saturated rings. The molecule has 1 aromatic heterocycles. The minimum absolute atomic E-state index is 0.478. The Balaban J connectivity index is 1.53. The third kappa shape index (κ3) is 6.43. The molecule has 31 heavy (non-hydrogen) atoms. The molecule has 0 amide bonds. The molecule has 6 nitrogen and oxygen atoms in total. The lowest BCUT2D eigenvalue weighted by atomic mass is 9.92. The highest BCUT2D eigenvalue weighted by Crippen LogP contribution is 2.29. The molecule has 0 radical (unpaired) electrons. The van der Waals surface area contributed by atoms with Crippen molar-refractivity contribution < 1.29 is 0 Å². The van der Waals surface area contributed by atoms with Gasteiger partial charge in [0.15, 0.2) is 5.11 Å². The van der Waals surface area contributed by atoms with Gasteiger partial charge in [0.2, 0.25) is 5.95 Å². The van der Waals surface area contributed by atoms with E-state index >= 15 is 0 Å². The van der Waals surface area contributed by atoms with Gasteiger partial charge in [-0.25, -0.2) is 0 Å².